The quantitative estimate of drug-likeness (QED) is 0.881. The van der Waals surface area contributed by atoms with E-state index in [2.05, 4.69) is 38.0 Å². The van der Waals surface area contributed by atoms with E-state index in [-0.39, 0.29) is 11.3 Å². The number of oxazole rings is 1. The largest absolute Gasteiger partial charge is 0.445 e. The number of aryl methyl sites for hydroxylation is 2. The first kappa shape index (κ1) is 17.5. The molecule has 24 heavy (non-hydrogen) atoms. The molecule has 0 radical (unpaired) electrons. The maximum absolute atomic E-state index is 12.3. The number of hydrogen-bond donors (Lipinski definition) is 1. The summed E-state index contributed by atoms with van der Waals surface area (Å²) in [6, 6.07) is 0.300. The molecule has 0 aliphatic heterocycles. The molecule has 2 saturated carbocycles. The van der Waals surface area contributed by atoms with E-state index in [1.54, 1.807) is 0 Å². The summed E-state index contributed by atoms with van der Waals surface area (Å²) in [6.07, 6.45) is 6.57. The molecule has 1 N–H and O–H groups in total. The van der Waals surface area contributed by atoms with Gasteiger partial charge in [-0.05, 0) is 50.9 Å². The highest BCUT2D eigenvalue weighted by atomic mass is 16.4. The molecule has 1 aromatic heterocycles. The molecule has 1 amide bonds. The Morgan fingerprint density at radius 3 is 2.62 bits per heavy atom. The van der Waals surface area contributed by atoms with Gasteiger partial charge in [-0.25, -0.2) is 4.98 Å². The highest BCUT2D eigenvalue weighted by Gasteiger charge is 2.42. The molecule has 134 valence electrons. The maximum Gasteiger partial charge on any atom is 0.220 e. The number of rotatable bonds is 5. The van der Waals surface area contributed by atoms with Crippen LogP contribution in [0.25, 0.3) is 0 Å². The Hall–Kier alpha value is -1.32. The predicted molar refractivity (Wildman–Crippen MR) is 94.8 cm³/mol. The van der Waals surface area contributed by atoms with Gasteiger partial charge < -0.3 is 9.73 Å². The van der Waals surface area contributed by atoms with E-state index in [1.165, 1.54) is 25.7 Å². The normalized spacial score (nSPS) is 27.5. The minimum atomic E-state index is -0.0957. The van der Waals surface area contributed by atoms with E-state index in [1.807, 2.05) is 6.92 Å². The van der Waals surface area contributed by atoms with Crippen molar-refractivity contribution in [1.29, 1.82) is 0 Å². The summed E-state index contributed by atoms with van der Waals surface area (Å²) < 4.78 is 5.88. The molecule has 1 heterocycles. The number of aromatic nitrogens is 1. The van der Waals surface area contributed by atoms with Crippen molar-refractivity contribution in [2.24, 2.45) is 17.8 Å². The average Bonchev–Trinajstić information content (AvgIpc) is 3.19. The lowest BCUT2D eigenvalue weighted by Crippen LogP contribution is -2.40. The maximum atomic E-state index is 12.3. The SMILES string of the molecule is Cc1nc(C(C)(C)C)oc1CCC(=O)NC(C)C1CC2CCC1C2. The fraction of sp³-hybridized carbons (Fsp3) is 0.800. The second kappa shape index (κ2) is 6.53. The molecule has 2 fully saturated rings. The first-order valence-corrected chi connectivity index (χ1v) is 9.50. The lowest BCUT2D eigenvalue weighted by Gasteiger charge is -2.28. The molecule has 2 aliphatic carbocycles. The van der Waals surface area contributed by atoms with Crippen molar-refractivity contribution in [2.45, 2.75) is 84.6 Å². The van der Waals surface area contributed by atoms with Crippen LogP contribution >= 0.6 is 0 Å². The third-order valence-corrected chi connectivity index (χ3v) is 5.94. The fourth-order valence-corrected chi connectivity index (χ4v) is 4.55. The van der Waals surface area contributed by atoms with Crippen molar-refractivity contribution in [3.8, 4) is 0 Å². The smallest absolute Gasteiger partial charge is 0.220 e. The van der Waals surface area contributed by atoms with Crippen molar-refractivity contribution in [3.63, 3.8) is 0 Å². The number of carbonyl (C=O) groups excluding carboxylic acids is 1. The Morgan fingerprint density at radius 1 is 1.33 bits per heavy atom. The van der Waals surface area contributed by atoms with Crippen LogP contribution < -0.4 is 5.32 Å². The Kier molecular flexibility index (Phi) is 4.76. The monoisotopic (exact) mass is 332 g/mol. The molecule has 3 rings (SSSR count). The zero-order valence-electron chi connectivity index (χ0n) is 15.8. The number of hydrogen-bond acceptors (Lipinski definition) is 3. The highest BCUT2D eigenvalue weighted by Crippen LogP contribution is 2.49. The average molecular weight is 332 g/mol. The summed E-state index contributed by atoms with van der Waals surface area (Å²) in [4.78, 5) is 16.8. The summed E-state index contributed by atoms with van der Waals surface area (Å²) in [7, 11) is 0. The van der Waals surface area contributed by atoms with Gasteiger partial charge in [0.05, 0.1) is 5.69 Å². The van der Waals surface area contributed by atoms with E-state index in [4.69, 9.17) is 4.42 Å². The van der Waals surface area contributed by atoms with Crippen LogP contribution in [0, 0.1) is 24.7 Å². The van der Waals surface area contributed by atoms with Gasteiger partial charge in [-0.3, -0.25) is 4.79 Å². The van der Waals surface area contributed by atoms with Gasteiger partial charge in [0, 0.05) is 24.3 Å². The third kappa shape index (κ3) is 3.68. The molecule has 4 atom stereocenters. The van der Waals surface area contributed by atoms with E-state index in [0.29, 0.717) is 24.8 Å². The number of amides is 1. The standard InChI is InChI=1S/C20H32N2O2/c1-12(16-11-14-6-7-15(16)10-14)21-18(23)9-8-17-13(2)22-19(24-17)20(3,4)5/h12,14-16H,6-11H2,1-5H3,(H,21,23). The van der Waals surface area contributed by atoms with E-state index in [0.717, 1.165) is 29.2 Å². The Morgan fingerprint density at radius 2 is 2.08 bits per heavy atom. The first-order valence-electron chi connectivity index (χ1n) is 9.50. The van der Waals surface area contributed by atoms with Gasteiger partial charge in [-0.15, -0.1) is 0 Å². The third-order valence-electron chi connectivity index (χ3n) is 5.94. The minimum Gasteiger partial charge on any atom is -0.445 e. The lowest BCUT2D eigenvalue weighted by molar-refractivity contribution is -0.122. The summed E-state index contributed by atoms with van der Waals surface area (Å²) in [5.74, 6) is 4.20. The molecule has 4 heteroatoms. The molecular formula is C20H32N2O2. The Labute approximate surface area is 145 Å². The molecule has 2 bridgehead atoms. The number of nitrogens with one attached hydrogen (secondary N) is 1. The van der Waals surface area contributed by atoms with Crippen molar-refractivity contribution < 1.29 is 9.21 Å². The van der Waals surface area contributed by atoms with Gasteiger partial charge in [0.2, 0.25) is 5.91 Å². The van der Waals surface area contributed by atoms with Crippen molar-refractivity contribution >= 4 is 5.91 Å². The van der Waals surface area contributed by atoms with Gasteiger partial charge in [0.15, 0.2) is 5.89 Å². The van der Waals surface area contributed by atoms with E-state index >= 15 is 0 Å². The fourth-order valence-electron chi connectivity index (χ4n) is 4.55. The van der Waals surface area contributed by atoms with Crippen LogP contribution in [0.2, 0.25) is 0 Å². The number of carbonyl (C=O) groups is 1. The van der Waals surface area contributed by atoms with Crippen LogP contribution in [0.4, 0.5) is 0 Å². The van der Waals surface area contributed by atoms with Gasteiger partial charge in [-0.2, -0.15) is 0 Å². The summed E-state index contributed by atoms with van der Waals surface area (Å²) in [5, 5.41) is 3.23. The Balaban J connectivity index is 1.50. The predicted octanol–water partition coefficient (Wildman–Crippen LogP) is 4.15. The molecule has 0 aromatic carbocycles. The van der Waals surface area contributed by atoms with Crippen LogP contribution in [0.5, 0.6) is 0 Å². The second-order valence-corrected chi connectivity index (χ2v) is 8.97. The molecule has 0 spiro atoms. The highest BCUT2D eigenvalue weighted by molar-refractivity contribution is 5.76. The van der Waals surface area contributed by atoms with Crippen LogP contribution in [-0.2, 0) is 16.6 Å². The van der Waals surface area contributed by atoms with Crippen molar-refractivity contribution in [3.05, 3.63) is 17.3 Å². The second-order valence-electron chi connectivity index (χ2n) is 8.97. The van der Waals surface area contributed by atoms with Crippen molar-refractivity contribution in [1.82, 2.24) is 10.3 Å². The lowest BCUT2D eigenvalue weighted by atomic mass is 9.84. The van der Waals surface area contributed by atoms with Crippen LogP contribution in [0.1, 0.15) is 77.1 Å². The van der Waals surface area contributed by atoms with Crippen LogP contribution in [0.15, 0.2) is 4.42 Å². The summed E-state index contributed by atoms with van der Waals surface area (Å²) >= 11 is 0. The molecule has 2 aliphatic rings. The topological polar surface area (TPSA) is 55.1 Å². The van der Waals surface area contributed by atoms with E-state index < -0.39 is 0 Å². The van der Waals surface area contributed by atoms with E-state index in [9.17, 15) is 4.79 Å². The van der Waals surface area contributed by atoms with Gasteiger partial charge in [0.25, 0.3) is 0 Å². The number of fused-ring (bicyclic) bond motifs is 2. The van der Waals surface area contributed by atoms with Gasteiger partial charge >= 0.3 is 0 Å². The molecule has 1 aromatic rings. The van der Waals surface area contributed by atoms with Gasteiger partial charge in [0.1, 0.15) is 5.76 Å². The van der Waals surface area contributed by atoms with Crippen molar-refractivity contribution in [2.75, 3.05) is 0 Å². The zero-order valence-corrected chi connectivity index (χ0v) is 15.8. The molecular weight excluding hydrogens is 300 g/mol. The van der Waals surface area contributed by atoms with Crippen LogP contribution in [-0.4, -0.2) is 16.9 Å². The zero-order chi connectivity index (χ0) is 17.5. The molecule has 0 saturated heterocycles. The molecule has 4 unspecified atom stereocenters. The Bertz CT molecular complexity index is 599. The molecule has 4 nitrogen and oxygen atoms in total. The minimum absolute atomic E-state index is 0.0957. The van der Waals surface area contributed by atoms with Gasteiger partial charge in [-0.1, -0.05) is 27.2 Å². The van der Waals surface area contributed by atoms with Crippen LogP contribution in [0.3, 0.4) is 0 Å². The summed E-state index contributed by atoms with van der Waals surface area (Å²) in [5.41, 5.74) is 0.815. The first-order chi connectivity index (χ1) is 11.2. The summed E-state index contributed by atoms with van der Waals surface area (Å²) in [6.45, 7) is 10.4. The number of nitrogens with zero attached hydrogens (tertiary/aromatic N) is 1.